The molecule has 2 aromatic carbocycles. The molecule has 1 heterocycles. The first-order valence-corrected chi connectivity index (χ1v) is 6.05. The summed E-state index contributed by atoms with van der Waals surface area (Å²) in [6.45, 7) is 2.00. The molecule has 0 atom stereocenters. The molecule has 1 N–H and O–H groups in total. The summed E-state index contributed by atoms with van der Waals surface area (Å²) < 4.78 is 5.62. The molecule has 1 aromatic heterocycles. The van der Waals surface area contributed by atoms with E-state index in [-0.39, 0.29) is 0 Å². The third-order valence-electron chi connectivity index (χ3n) is 3.13. The second-order valence-electron chi connectivity index (χ2n) is 4.46. The molecule has 3 rings (SSSR count). The monoisotopic (exact) mass is 251 g/mol. The first-order chi connectivity index (χ1) is 9.29. The lowest BCUT2D eigenvalue weighted by Crippen LogP contribution is -2.07. The van der Waals surface area contributed by atoms with Crippen LogP contribution < -0.4 is 5.36 Å². The maximum absolute atomic E-state index is 9.35. The molecule has 0 spiro atoms. The maximum atomic E-state index is 9.35. The lowest BCUT2D eigenvalue weighted by atomic mass is 10.0. The van der Waals surface area contributed by atoms with E-state index in [1.54, 1.807) is 6.26 Å². The summed E-state index contributed by atoms with van der Waals surface area (Å²) in [6.07, 6.45) is 1.63. The van der Waals surface area contributed by atoms with Crippen molar-refractivity contribution in [3.05, 3.63) is 65.7 Å². The number of hydrogen-bond donors (Lipinski definition) is 1. The molecule has 0 fully saturated rings. The van der Waals surface area contributed by atoms with Gasteiger partial charge in [0.2, 0.25) is 0 Å². The van der Waals surface area contributed by atoms with E-state index in [1.165, 1.54) is 0 Å². The highest BCUT2D eigenvalue weighted by atomic mass is 16.4. The number of fused-ring (bicyclic) bond motifs is 1. The molecule has 0 aliphatic heterocycles. The van der Waals surface area contributed by atoms with Crippen LogP contribution in [0, 0.1) is 6.92 Å². The van der Waals surface area contributed by atoms with E-state index in [0.717, 1.165) is 22.1 Å². The summed E-state index contributed by atoms with van der Waals surface area (Å²) in [4.78, 5) is 0. The van der Waals surface area contributed by atoms with Crippen LogP contribution in [0.25, 0.3) is 22.1 Å². The Morgan fingerprint density at radius 3 is 2.58 bits per heavy atom. The molecule has 19 heavy (non-hydrogen) atoms. The van der Waals surface area contributed by atoms with E-state index >= 15 is 0 Å². The van der Waals surface area contributed by atoms with Gasteiger partial charge in [0.15, 0.2) is 0 Å². The second kappa shape index (κ2) is 4.61. The fourth-order valence-corrected chi connectivity index (χ4v) is 2.19. The topological polar surface area (TPSA) is 45.7 Å². The van der Waals surface area contributed by atoms with Crippen molar-refractivity contribution in [1.29, 1.82) is 0 Å². The Hall–Kier alpha value is -2.55. The quantitative estimate of drug-likeness (QED) is 0.529. The van der Waals surface area contributed by atoms with Crippen LogP contribution in [-0.2, 0) is 0 Å². The van der Waals surface area contributed by atoms with Crippen molar-refractivity contribution in [3.8, 4) is 11.1 Å². The standard InChI is InChI=1S/C16H13NO2/c1-11-7-8-15-13(9-11)16(17-18)14(10-19-15)12-5-3-2-4-6-12/h2-10,18H,1H3/b17-16+. The lowest BCUT2D eigenvalue weighted by Gasteiger charge is -2.05. The normalized spacial score (nSPS) is 11.9. The molecule has 0 aliphatic carbocycles. The molecular weight excluding hydrogens is 238 g/mol. The van der Waals surface area contributed by atoms with Gasteiger partial charge in [-0.2, -0.15) is 0 Å². The molecule has 0 aliphatic rings. The van der Waals surface area contributed by atoms with Gasteiger partial charge in [0, 0.05) is 10.9 Å². The number of nitrogens with zero attached hydrogens (tertiary/aromatic N) is 1. The van der Waals surface area contributed by atoms with E-state index in [1.807, 2.05) is 55.5 Å². The smallest absolute Gasteiger partial charge is 0.136 e. The highest BCUT2D eigenvalue weighted by Gasteiger charge is 2.07. The number of rotatable bonds is 1. The number of benzene rings is 2. The van der Waals surface area contributed by atoms with Crippen molar-refractivity contribution in [2.45, 2.75) is 6.92 Å². The van der Waals surface area contributed by atoms with Gasteiger partial charge in [0.05, 0.1) is 0 Å². The van der Waals surface area contributed by atoms with E-state index in [2.05, 4.69) is 5.16 Å². The summed E-state index contributed by atoms with van der Waals surface area (Å²) in [5.74, 6) is 0. The SMILES string of the molecule is Cc1ccc2occ(-c3ccccc3)/c(=N/O)c2c1. The fraction of sp³-hybridized carbons (Fsp3) is 0.0625. The zero-order chi connectivity index (χ0) is 13.2. The van der Waals surface area contributed by atoms with Crippen molar-refractivity contribution >= 4 is 11.0 Å². The minimum atomic E-state index is 0.538. The van der Waals surface area contributed by atoms with E-state index in [4.69, 9.17) is 4.42 Å². The van der Waals surface area contributed by atoms with Crippen LogP contribution in [0.1, 0.15) is 5.56 Å². The lowest BCUT2D eigenvalue weighted by molar-refractivity contribution is 0.303. The maximum Gasteiger partial charge on any atom is 0.136 e. The van der Waals surface area contributed by atoms with Gasteiger partial charge in [-0.1, -0.05) is 47.1 Å². The van der Waals surface area contributed by atoms with E-state index < -0.39 is 0 Å². The van der Waals surface area contributed by atoms with Gasteiger partial charge in [-0.05, 0) is 24.6 Å². The zero-order valence-electron chi connectivity index (χ0n) is 10.5. The Morgan fingerprint density at radius 2 is 1.84 bits per heavy atom. The zero-order valence-corrected chi connectivity index (χ0v) is 10.5. The summed E-state index contributed by atoms with van der Waals surface area (Å²) in [5, 5.41) is 14.2. The minimum Gasteiger partial charge on any atom is -0.464 e. The van der Waals surface area contributed by atoms with Gasteiger partial charge in [-0.25, -0.2) is 0 Å². The van der Waals surface area contributed by atoms with Crippen LogP contribution >= 0.6 is 0 Å². The average molecular weight is 251 g/mol. The fourth-order valence-electron chi connectivity index (χ4n) is 2.19. The van der Waals surface area contributed by atoms with Crippen LogP contribution in [0.5, 0.6) is 0 Å². The molecular formula is C16H13NO2. The van der Waals surface area contributed by atoms with Crippen molar-refractivity contribution in [1.82, 2.24) is 0 Å². The Balaban J connectivity index is 2.39. The van der Waals surface area contributed by atoms with Crippen LogP contribution in [0.2, 0.25) is 0 Å². The number of hydrogen-bond acceptors (Lipinski definition) is 3. The highest BCUT2D eigenvalue weighted by molar-refractivity contribution is 5.81. The Morgan fingerprint density at radius 1 is 1.05 bits per heavy atom. The molecule has 3 heteroatoms. The molecule has 94 valence electrons. The van der Waals surface area contributed by atoms with Gasteiger partial charge < -0.3 is 9.62 Å². The molecule has 3 aromatic rings. The molecule has 0 unspecified atom stereocenters. The van der Waals surface area contributed by atoms with Crippen molar-refractivity contribution < 1.29 is 9.62 Å². The highest BCUT2D eigenvalue weighted by Crippen LogP contribution is 2.20. The number of aryl methyl sites for hydroxylation is 1. The predicted octanol–water partition coefficient (Wildman–Crippen LogP) is 3.70. The van der Waals surface area contributed by atoms with Crippen LogP contribution in [-0.4, -0.2) is 5.21 Å². The summed E-state index contributed by atoms with van der Waals surface area (Å²) in [5.41, 5.74) is 3.54. The average Bonchev–Trinajstić information content (AvgIpc) is 2.46. The first kappa shape index (κ1) is 11.5. The van der Waals surface area contributed by atoms with Crippen molar-refractivity contribution in [2.75, 3.05) is 0 Å². The van der Waals surface area contributed by atoms with Gasteiger partial charge in [-0.3, -0.25) is 0 Å². The van der Waals surface area contributed by atoms with Crippen molar-refractivity contribution in [2.24, 2.45) is 5.16 Å². The second-order valence-corrected chi connectivity index (χ2v) is 4.46. The molecule has 0 amide bonds. The van der Waals surface area contributed by atoms with Crippen LogP contribution in [0.3, 0.4) is 0 Å². The first-order valence-electron chi connectivity index (χ1n) is 6.05. The Bertz CT molecular complexity index is 789. The van der Waals surface area contributed by atoms with Gasteiger partial charge in [0.1, 0.15) is 17.2 Å². The Kier molecular flexibility index (Phi) is 2.80. The molecule has 0 saturated heterocycles. The van der Waals surface area contributed by atoms with E-state index in [0.29, 0.717) is 10.9 Å². The van der Waals surface area contributed by atoms with Gasteiger partial charge >= 0.3 is 0 Å². The molecule has 0 bridgehead atoms. The van der Waals surface area contributed by atoms with Crippen molar-refractivity contribution in [3.63, 3.8) is 0 Å². The third-order valence-corrected chi connectivity index (χ3v) is 3.13. The molecule has 0 radical (unpaired) electrons. The summed E-state index contributed by atoms with van der Waals surface area (Å²) in [7, 11) is 0. The molecule has 0 saturated carbocycles. The summed E-state index contributed by atoms with van der Waals surface area (Å²) >= 11 is 0. The van der Waals surface area contributed by atoms with E-state index in [9.17, 15) is 5.21 Å². The van der Waals surface area contributed by atoms with Gasteiger partial charge in [-0.15, -0.1) is 0 Å². The summed E-state index contributed by atoms with van der Waals surface area (Å²) in [6, 6.07) is 15.6. The van der Waals surface area contributed by atoms with Gasteiger partial charge in [0.25, 0.3) is 0 Å². The predicted molar refractivity (Wildman–Crippen MR) is 73.7 cm³/mol. The minimum absolute atomic E-state index is 0.538. The Labute approximate surface area is 110 Å². The van der Waals surface area contributed by atoms with Crippen LogP contribution in [0.4, 0.5) is 0 Å². The largest absolute Gasteiger partial charge is 0.464 e. The van der Waals surface area contributed by atoms with Crippen LogP contribution in [0.15, 0.2) is 64.4 Å². The third kappa shape index (κ3) is 1.99. The molecule has 3 nitrogen and oxygen atoms in total.